The van der Waals surface area contributed by atoms with E-state index in [0.29, 0.717) is 12.4 Å². The van der Waals surface area contributed by atoms with Crippen LogP contribution in [0.5, 0.6) is 0 Å². The lowest BCUT2D eigenvalue weighted by Gasteiger charge is -2.28. The molecule has 5 heteroatoms. The van der Waals surface area contributed by atoms with Crippen LogP contribution in [0.4, 0.5) is 0 Å². The predicted octanol–water partition coefficient (Wildman–Crippen LogP) is 2.22. The van der Waals surface area contributed by atoms with Gasteiger partial charge >= 0.3 is 0 Å². The van der Waals surface area contributed by atoms with E-state index < -0.39 is 18.9 Å². The Kier molecular flexibility index (Phi) is 4.07. The van der Waals surface area contributed by atoms with Gasteiger partial charge in [0.2, 0.25) is 0 Å². The summed E-state index contributed by atoms with van der Waals surface area (Å²) >= 11 is 0. The Morgan fingerprint density at radius 1 is 1.27 bits per heavy atom. The molecule has 0 aromatic rings. The van der Waals surface area contributed by atoms with Crippen LogP contribution in [-0.2, 0) is 4.43 Å². The van der Waals surface area contributed by atoms with E-state index in [2.05, 4.69) is 19.6 Å². The van der Waals surface area contributed by atoms with Gasteiger partial charge in [-0.1, -0.05) is 0 Å². The molecular formula is C6H18O3SSi. The average molecular weight is 198 g/mol. The molecule has 0 amide bonds. The van der Waals surface area contributed by atoms with Crippen LogP contribution in [0.1, 0.15) is 0 Å². The molecule has 3 nitrogen and oxygen atoms in total. The molecule has 2 N–H and O–H groups in total. The van der Waals surface area contributed by atoms with E-state index in [1.54, 1.807) is 0 Å². The molecule has 11 heavy (non-hydrogen) atoms. The van der Waals surface area contributed by atoms with Crippen molar-refractivity contribution in [1.29, 1.82) is 0 Å². The van der Waals surface area contributed by atoms with Crippen molar-refractivity contribution in [2.24, 2.45) is 0 Å². The largest absolute Gasteiger partial charge is 0.416 e. The third-order valence-corrected chi connectivity index (χ3v) is 3.02. The molecule has 0 saturated carbocycles. The third kappa shape index (κ3) is 10.4. The minimum absolute atomic E-state index is 0.358. The predicted molar refractivity (Wildman–Crippen MR) is 52.9 cm³/mol. The first-order valence-electron chi connectivity index (χ1n) is 3.55. The number of rotatable bonds is 4. The van der Waals surface area contributed by atoms with Gasteiger partial charge in [0.05, 0.1) is 12.4 Å². The Morgan fingerprint density at radius 3 is 2.00 bits per heavy atom. The molecule has 0 heterocycles. The maximum absolute atomic E-state index is 8.99. The van der Waals surface area contributed by atoms with Gasteiger partial charge in [0, 0.05) is 6.26 Å². The minimum Gasteiger partial charge on any atom is -0.416 e. The van der Waals surface area contributed by atoms with Gasteiger partial charge in [-0.25, -0.2) is 0 Å². The van der Waals surface area contributed by atoms with Crippen molar-refractivity contribution in [3.05, 3.63) is 0 Å². The van der Waals surface area contributed by atoms with E-state index in [4.69, 9.17) is 13.5 Å². The lowest BCUT2D eigenvalue weighted by Crippen LogP contribution is -2.27. The quantitative estimate of drug-likeness (QED) is 0.681. The summed E-state index contributed by atoms with van der Waals surface area (Å²) in [5, 5.41) is 0. The summed E-state index contributed by atoms with van der Waals surface area (Å²) in [6, 6.07) is 0. The zero-order valence-corrected chi connectivity index (χ0v) is 9.44. The fourth-order valence-electron chi connectivity index (χ4n) is 0.506. The van der Waals surface area contributed by atoms with E-state index in [-0.39, 0.29) is 0 Å². The van der Waals surface area contributed by atoms with E-state index in [1.165, 1.54) is 6.26 Å². The van der Waals surface area contributed by atoms with Crippen molar-refractivity contribution >= 4 is 18.9 Å². The Morgan fingerprint density at radius 2 is 1.73 bits per heavy atom. The molecule has 0 bridgehead atoms. The van der Waals surface area contributed by atoms with Crippen molar-refractivity contribution in [2.45, 2.75) is 19.6 Å². The summed E-state index contributed by atoms with van der Waals surface area (Å²) in [6.07, 6.45) is 1.45. The average Bonchev–Trinajstić information content (AvgIpc) is 1.55. The molecule has 0 spiro atoms. The Hall–Kier alpha value is 0.447. The summed E-state index contributed by atoms with van der Waals surface area (Å²) < 4.78 is 23.4. The van der Waals surface area contributed by atoms with Crippen LogP contribution >= 0.6 is 10.6 Å². The molecule has 0 aliphatic carbocycles. The second kappa shape index (κ2) is 3.91. The van der Waals surface area contributed by atoms with Crippen molar-refractivity contribution in [3.8, 4) is 0 Å². The first-order chi connectivity index (χ1) is 4.71. The lowest BCUT2D eigenvalue weighted by atomic mass is 10.9. The SMILES string of the molecule is C[Si](C)(C)OCCS(C)(O)O. The molecule has 0 aromatic heterocycles. The molecular weight excluding hydrogens is 180 g/mol. The van der Waals surface area contributed by atoms with Gasteiger partial charge in [0.25, 0.3) is 0 Å². The molecule has 70 valence electrons. The summed E-state index contributed by atoms with van der Waals surface area (Å²) in [7, 11) is -3.82. The number of hydrogen-bond acceptors (Lipinski definition) is 3. The van der Waals surface area contributed by atoms with Crippen molar-refractivity contribution in [2.75, 3.05) is 18.6 Å². The van der Waals surface area contributed by atoms with Gasteiger partial charge in [-0.2, -0.15) is 10.6 Å². The highest BCUT2D eigenvalue weighted by atomic mass is 32.3. The van der Waals surface area contributed by atoms with Crippen LogP contribution in [0, 0.1) is 0 Å². The highest BCUT2D eigenvalue weighted by Gasteiger charge is 2.14. The van der Waals surface area contributed by atoms with Crippen LogP contribution in [0.25, 0.3) is 0 Å². The molecule has 0 atom stereocenters. The maximum Gasteiger partial charge on any atom is 0.183 e. The maximum atomic E-state index is 8.99. The van der Waals surface area contributed by atoms with Crippen molar-refractivity contribution in [3.63, 3.8) is 0 Å². The van der Waals surface area contributed by atoms with Gasteiger partial charge in [-0.05, 0) is 19.6 Å². The molecule has 0 aliphatic heterocycles. The summed E-state index contributed by atoms with van der Waals surface area (Å²) in [5.74, 6) is 0.358. The highest BCUT2D eigenvalue weighted by molar-refractivity contribution is 8.23. The molecule has 0 unspecified atom stereocenters. The summed E-state index contributed by atoms with van der Waals surface area (Å²) in [6.45, 7) is 6.70. The first kappa shape index (κ1) is 11.4. The van der Waals surface area contributed by atoms with E-state index in [0.717, 1.165) is 0 Å². The highest BCUT2D eigenvalue weighted by Crippen LogP contribution is 2.32. The monoisotopic (exact) mass is 198 g/mol. The second-order valence-electron chi connectivity index (χ2n) is 3.66. The summed E-state index contributed by atoms with van der Waals surface area (Å²) in [4.78, 5) is 0. The molecule has 0 aliphatic rings. The second-order valence-corrected chi connectivity index (χ2v) is 10.6. The smallest absolute Gasteiger partial charge is 0.183 e. The van der Waals surface area contributed by atoms with Crippen LogP contribution in [0.2, 0.25) is 19.6 Å². The third-order valence-electron chi connectivity index (χ3n) is 1.01. The molecule has 0 radical (unpaired) electrons. The van der Waals surface area contributed by atoms with Crippen LogP contribution in [0.15, 0.2) is 0 Å². The van der Waals surface area contributed by atoms with Gasteiger partial charge in [-0.15, -0.1) is 0 Å². The van der Waals surface area contributed by atoms with Crippen LogP contribution < -0.4 is 0 Å². The minimum atomic E-state index is -2.35. The Balaban J connectivity index is 3.44. The van der Waals surface area contributed by atoms with Gasteiger partial charge in [0.15, 0.2) is 8.32 Å². The fourth-order valence-corrected chi connectivity index (χ4v) is 1.77. The zero-order chi connectivity index (χ0) is 9.12. The standard InChI is InChI=1S/C6H18O3SSi/c1-10(7,8)6-5-9-11(2,3)4/h7-8H,5-6H2,1-4H3. The fraction of sp³-hybridized carbons (Fsp3) is 1.00. The Bertz CT molecular complexity index is 102. The van der Waals surface area contributed by atoms with E-state index in [1.807, 2.05) is 0 Å². The molecule has 0 fully saturated rings. The normalized spacial score (nSPS) is 15.1. The zero-order valence-electron chi connectivity index (χ0n) is 7.63. The topological polar surface area (TPSA) is 49.7 Å². The summed E-state index contributed by atoms with van der Waals surface area (Å²) in [5.41, 5.74) is 0. The van der Waals surface area contributed by atoms with Crippen LogP contribution in [0.3, 0.4) is 0 Å². The molecule has 0 saturated heterocycles. The van der Waals surface area contributed by atoms with E-state index >= 15 is 0 Å². The van der Waals surface area contributed by atoms with Gasteiger partial charge in [-0.3, -0.25) is 9.11 Å². The van der Waals surface area contributed by atoms with E-state index in [9.17, 15) is 0 Å². The Labute approximate surface area is 71.2 Å². The molecule has 0 aromatic carbocycles. The number of hydrogen-bond donors (Lipinski definition) is 2. The van der Waals surface area contributed by atoms with Gasteiger partial charge in [0.1, 0.15) is 0 Å². The van der Waals surface area contributed by atoms with Crippen molar-refractivity contribution in [1.82, 2.24) is 0 Å². The van der Waals surface area contributed by atoms with Gasteiger partial charge < -0.3 is 4.43 Å². The lowest BCUT2D eigenvalue weighted by molar-refractivity contribution is 0.330. The first-order valence-corrected chi connectivity index (χ1v) is 9.09. The molecule has 0 rings (SSSR count). The van der Waals surface area contributed by atoms with Crippen molar-refractivity contribution < 1.29 is 13.5 Å². The van der Waals surface area contributed by atoms with Crippen LogP contribution in [-0.4, -0.2) is 36.0 Å².